The lowest BCUT2D eigenvalue weighted by Gasteiger charge is -2.25. The molecular weight excluding hydrogens is 396 g/mol. The fraction of sp³-hybridized carbons (Fsp3) is 0.200. The molecule has 0 fully saturated rings. The Hall–Kier alpha value is -3.39. The van der Waals surface area contributed by atoms with Crippen molar-refractivity contribution in [3.63, 3.8) is 0 Å². The maximum Gasteiger partial charge on any atom is 0.354 e. The van der Waals surface area contributed by atoms with Crippen molar-refractivity contribution in [2.24, 2.45) is 10.1 Å². The number of halogens is 1. The Morgan fingerprint density at radius 2 is 1.93 bits per heavy atom. The summed E-state index contributed by atoms with van der Waals surface area (Å²) >= 11 is 6.17. The van der Waals surface area contributed by atoms with E-state index in [4.69, 9.17) is 11.6 Å². The quantitative estimate of drug-likeness (QED) is 0.443. The van der Waals surface area contributed by atoms with Crippen molar-refractivity contribution in [3.05, 3.63) is 64.7 Å². The standard InChI is InChI=1S/C20H19ClN4O4/c1-28-17(26)11-16(19(27)29-2)24-25-20-22-15-9-8-13(21)10-14(15)18(23-20)12-6-4-3-5-7-12/h3-10,18H,11H2,1-2H3,(H2,22,23,25)/b24-16+/t18-/m1/s1. The summed E-state index contributed by atoms with van der Waals surface area (Å²) in [7, 11) is 2.43. The second-order valence-corrected chi connectivity index (χ2v) is 6.50. The number of nitrogens with one attached hydrogen (secondary N) is 2. The number of anilines is 1. The number of carbonyl (C=O) groups excluding carboxylic acids is 2. The van der Waals surface area contributed by atoms with Gasteiger partial charge in [0.1, 0.15) is 6.04 Å². The minimum atomic E-state index is -0.744. The lowest BCUT2D eigenvalue weighted by atomic mass is 9.96. The minimum Gasteiger partial charge on any atom is -0.469 e. The van der Waals surface area contributed by atoms with E-state index in [2.05, 4.69) is 30.3 Å². The molecule has 0 spiro atoms. The molecule has 0 amide bonds. The zero-order chi connectivity index (χ0) is 20.8. The number of carbonyl (C=O) groups is 2. The number of hydrogen-bond donors (Lipinski definition) is 2. The van der Waals surface area contributed by atoms with Gasteiger partial charge in [0.2, 0.25) is 5.96 Å². The van der Waals surface area contributed by atoms with Crippen molar-refractivity contribution in [3.8, 4) is 0 Å². The molecule has 0 saturated carbocycles. The van der Waals surface area contributed by atoms with E-state index < -0.39 is 11.9 Å². The third-order valence-corrected chi connectivity index (χ3v) is 4.43. The second kappa shape index (κ2) is 9.20. The SMILES string of the molecule is COC(=O)C/C(=N\NC1=N[C@H](c2ccccc2)c2cc(Cl)ccc2N1)C(=O)OC. The molecule has 0 bridgehead atoms. The molecule has 0 radical (unpaired) electrons. The highest BCUT2D eigenvalue weighted by Gasteiger charge is 2.24. The van der Waals surface area contributed by atoms with Gasteiger partial charge in [0, 0.05) is 16.3 Å². The van der Waals surface area contributed by atoms with Crippen LogP contribution >= 0.6 is 11.6 Å². The molecule has 3 rings (SSSR count). The molecule has 2 aromatic rings. The number of hydrogen-bond acceptors (Lipinski definition) is 8. The van der Waals surface area contributed by atoms with Gasteiger partial charge in [-0.1, -0.05) is 41.9 Å². The molecule has 29 heavy (non-hydrogen) atoms. The molecular formula is C20H19ClN4O4. The molecule has 1 heterocycles. The molecule has 2 aromatic carbocycles. The molecule has 2 N–H and O–H groups in total. The number of rotatable bonds is 5. The topological polar surface area (TPSA) is 101 Å². The number of fused-ring (bicyclic) bond motifs is 1. The maximum atomic E-state index is 11.9. The summed E-state index contributed by atoms with van der Waals surface area (Å²) in [6, 6.07) is 14.8. The average molecular weight is 415 g/mol. The van der Waals surface area contributed by atoms with Crippen LogP contribution < -0.4 is 10.7 Å². The number of esters is 2. The third kappa shape index (κ3) is 4.91. The lowest BCUT2D eigenvalue weighted by molar-refractivity contribution is -0.140. The number of benzene rings is 2. The van der Waals surface area contributed by atoms with Gasteiger partial charge < -0.3 is 14.8 Å². The van der Waals surface area contributed by atoms with Gasteiger partial charge in [-0.15, -0.1) is 0 Å². The molecule has 1 aliphatic rings. The Labute approximate surface area is 172 Å². The minimum absolute atomic E-state index is 0.137. The molecule has 0 aromatic heterocycles. The summed E-state index contributed by atoms with van der Waals surface area (Å²) in [6.07, 6.45) is -0.336. The molecule has 1 atom stereocenters. The van der Waals surface area contributed by atoms with E-state index in [1.54, 1.807) is 6.07 Å². The van der Waals surface area contributed by atoms with Crippen molar-refractivity contribution in [2.45, 2.75) is 12.5 Å². The number of aliphatic imine (C=N–C) groups is 1. The maximum absolute atomic E-state index is 11.9. The summed E-state index contributed by atoms with van der Waals surface area (Å²) in [5.41, 5.74) is 5.23. The van der Waals surface area contributed by atoms with Crippen LogP contribution in [0.5, 0.6) is 0 Å². The van der Waals surface area contributed by atoms with Crippen LogP contribution in [0.25, 0.3) is 0 Å². The Kier molecular flexibility index (Phi) is 6.46. The first-order valence-corrected chi connectivity index (χ1v) is 9.06. The number of ether oxygens (including phenoxy) is 2. The number of guanidine groups is 1. The summed E-state index contributed by atoms with van der Waals surface area (Å²) in [6.45, 7) is 0. The van der Waals surface area contributed by atoms with Gasteiger partial charge >= 0.3 is 11.9 Å². The van der Waals surface area contributed by atoms with Crippen LogP contribution in [-0.4, -0.2) is 37.8 Å². The fourth-order valence-corrected chi connectivity index (χ4v) is 2.96. The first-order valence-electron chi connectivity index (χ1n) is 8.68. The van der Waals surface area contributed by atoms with Crippen LogP contribution in [0.1, 0.15) is 23.6 Å². The van der Waals surface area contributed by atoms with Gasteiger partial charge in [-0.3, -0.25) is 4.79 Å². The van der Waals surface area contributed by atoms with Crippen molar-refractivity contribution < 1.29 is 19.1 Å². The van der Waals surface area contributed by atoms with Crippen LogP contribution in [0.15, 0.2) is 58.6 Å². The number of hydrazone groups is 1. The normalized spacial score (nSPS) is 15.5. The van der Waals surface area contributed by atoms with E-state index >= 15 is 0 Å². The molecule has 0 unspecified atom stereocenters. The highest BCUT2D eigenvalue weighted by molar-refractivity contribution is 6.39. The zero-order valence-electron chi connectivity index (χ0n) is 15.8. The van der Waals surface area contributed by atoms with Gasteiger partial charge in [-0.2, -0.15) is 5.10 Å². The first kappa shape index (κ1) is 20.3. The Bertz CT molecular complexity index is 976. The van der Waals surface area contributed by atoms with E-state index in [1.165, 1.54) is 14.2 Å². The number of methoxy groups -OCH3 is 2. The van der Waals surface area contributed by atoms with E-state index in [9.17, 15) is 9.59 Å². The van der Waals surface area contributed by atoms with Crippen LogP contribution in [0.2, 0.25) is 5.02 Å². The van der Waals surface area contributed by atoms with E-state index in [0.29, 0.717) is 11.0 Å². The lowest BCUT2D eigenvalue weighted by Crippen LogP contribution is -2.33. The summed E-state index contributed by atoms with van der Waals surface area (Å²) in [5, 5.41) is 7.70. The largest absolute Gasteiger partial charge is 0.469 e. The van der Waals surface area contributed by atoms with Gasteiger partial charge in [0.25, 0.3) is 0 Å². The smallest absolute Gasteiger partial charge is 0.354 e. The fourth-order valence-electron chi connectivity index (χ4n) is 2.78. The first-order chi connectivity index (χ1) is 14.0. The van der Waals surface area contributed by atoms with Crippen molar-refractivity contribution in [1.82, 2.24) is 5.43 Å². The van der Waals surface area contributed by atoms with Crippen molar-refractivity contribution in [2.75, 3.05) is 19.5 Å². The van der Waals surface area contributed by atoms with E-state index in [1.807, 2.05) is 42.5 Å². The molecule has 0 aliphatic carbocycles. The molecule has 1 aliphatic heterocycles. The van der Waals surface area contributed by atoms with Gasteiger partial charge in [0.05, 0.1) is 20.6 Å². The van der Waals surface area contributed by atoms with Gasteiger partial charge in [-0.25, -0.2) is 15.2 Å². The monoisotopic (exact) mass is 414 g/mol. The predicted octanol–water partition coefficient (Wildman–Crippen LogP) is 2.89. The van der Waals surface area contributed by atoms with Gasteiger partial charge in [-0.05, 0) is 23.8 Å². The summed E-state index contributed by atoms with van der Waals surface area (Å²) in [4.78, 5) is 28.1. The second-order valence-electron chi connectivity index (χ2n) is 6.06. The van der Waals surface area contributed by atoms with E-state index in [0.717, 1.165) is 16.8 Å². The van der Waals surface area contributed by atoms with Crippen LogP contribution in [-0.2, 0) is 19.1 Å². The summed E-state index contributed by atoms with van der Waals surface area (Å²) in [5.74, 6) is -1.05. The number of nitrogens with zero attached hydrogens (tertiary/aromatic N) is 2. The van der Waals surface area contributed by atoms with Crippen molar-refractivity contribution in [1.29, 1.82) is 0 Å². The molecule has 150 valence electrons. The van der Waals surface area contributed by atoms with Crippen molar-refractivity contribution >= 4 is 40.9 Å². The third-order valence-electron chi connectivity index (χ3n) is 4.19. The zero-order valence-corrected chi connectivity index (χ0v) is 16.6. The highest BCUT2D eigenvalue weighted by Crippen LogP contribution is 2.36. The Morgan fingerprint density at radius 1 is 1.17 bits per heavy atom. The molecule has 9 heteroatoms. The molecule has 8 nitrogen and oxygen atoms in total. The van der Waals surface area contributed by atoms with Crippen LogP contribution in [0.4, 0.5) is 5.69 Å². The van der Waals surface area contributed by atoms with Crippen LogP contribution in [0.3, 0.4) is 0 Å². The average Bonchev–Trinajstić information content (AvgIpc) is 2.76. The van der Waals surface area contributed by atoms with Gasteiger partial charge in [0.15, 0.2) is 5.71 Å². The summed E-state index contributed by atoms with van der Waals surface area (Å²) < 4.78 is 9.25. The highest BCUT2D eigenvalue weighted by atomic mass is 35.5. The molecule has 0 saturated heterocycles. The van der Waals surface area contributed by atoms with Crippen LogP contribution in [0, 0.1) is 0 Å². The predicted molar refractivity (Wildman–Crippen MR) is 110 cm³/mol. The Morgan fingerprint density at radius 3 is 2.62 bits per heavy atom. The Balaban J connectivity index is 1.93. The van der Waals surface area contributed by atoms with E-state index in [-0.39, 0.29) is 18.2 Å².